The fraction of sp³-hybridized carbons (Fsp3) is 0.966. The molecule has 0 aliphatic carbocycles. The Morgan fingerprint density at radius 2 is 1.31 bits per heavy atom. The van der Waals surface area contributed by atoms with Crippen LogP contribution in [0.3, 0.4) is 0 Å². The second kappa shape index (κ2) is 13.0. The summed E-state index contributed by atoms with van der Waals surface area (Å²) < 4.78 is 48.3. The van der Waals surface area contributed by atoms with Crippen LogP contribution in [0.15, 0.2) is 0 Å². The van der Waals surface area contributed by atoms with Crippen molar-refractivity contribution in [1.82, 2.24) is 0 Å². The third-order valence-corrected chi connectivity index (χ3v) is 8.13. The Morgan fingerprint density at radius 3 is 1.87 bits per heavy atom. The fourth-order valence-corrected chi connectivity index (χ4v) is 5.73. The summed E-state index contributed by atoms with van der Waals surface area (Å²) in [7, 11) is 1.73. The molecule has 10 nitrogen and oxygen atoms in total. The summed E-state index contributed by atoms with van der Waals surface area (Å²) in [5.74, 6) is -0.0298. The van der Waals surface area contributed by atoms with Gasteiger partial charge < -0.3 is 43.0 Å². The zero-order chi connectivity index (χ0) is 29.3. The largest absolute Gasteiger partial charge is 0.457 e. The molecule has 10 heteroatoms. The molecule has 12 atom stereocenters. The quantitative estimate of drug-likeness (QED) is 0.438. The van der Waals surface area contributed by atoms with E-state index in [9.17, 15) is 9.90 Å². The van der Waals surface area contributed by atoms with Gasteiger partial charge in [0.1, 0.15) is 6.10 Å². The van der Waals surface area contributed by atoms with Gasteiger partial charge in [-0.25, -0.2) is 0 Å². The summed E-state index contributed by atoms with van der Waals surface area (Å²) in [4.78, 5) is 11.8. The number of methoxy groups -OCH3 is 1. The number of ether oxygens (including phenoxy) is 8. The molecule has 0 amide bonds. The van der Waals surface area contributed by atoms with Crippen LogP contribution in [0.25, 0.3) is 0 Å². The van der Waals surface area contributed by atoms with Gasteiger partial charge >= 0.3 is 5.97 Å². The molecule has 12 unspecified atom stereocenters. The highest BCUT2D eigenvalue weighted by atomic mass is 16.7. The fourth-order valence-electron chi connectivity index (χ4n) is 5.73. The lowest BCUT2D eigenvalue weighted by molar-refractivity contribution is -0.343. The maximum Gasteiger partial charge on any atom is 0.303 e. The van der Waals surface area contributed by atoms with Crippen LogP contribution >= 0.6 is 0 Å². The summed E-state index contributed by atoms with van der Waals surface area (Å²) in [5, 5.41) is 11.0. The van der Waals surface area contributed by atoms with Crippen molar-refractivity contribution in [2.75, 3.05) is 7.11 Å². The van der Waals surface area contributed by atoms with Crippen molar-refractivity contribution in [3.8, 4) is 0 Å². The van der Waals surface area contributed by atoms with Gasteiger partial charge in [-0.1, -0.05) is 6.92 Å². The smallest absolute Gasteiger partial charge is 0.303 e. The Balaban J connectivity index is 1.58. The minimum Gasteiger partial charge on any atom is -0.457 e. The number of esters is 1. The zero-order valence-electron chi connectivity index (χ0n) is 25.7. The molecular weight excluding hydrogens is 508 g/mol. The summed E-state index contributed by atoms with van der Waals surface area (Å²) in [6, 6.07) is 0. The first kappa shape index (κ1) is 32.7. The Kier molecular flexibility index (Phi) is 10.9. The predicted molar refractivity (Wildman–Crippen MR) is 143 cm³/mol. The first-order valence-corrected chi connectivity index (χ1v) is 14.4. The molecule has 3 fully saturated rings. The van der Waals surface area contributed by atoms with Crippen LogP contribution in [0.1, 0.15) is 88.5 Å². The maximum atomic E-state index is 11.8. The molecular formula is C29H52O10. The van der Waals surface area contributed by atoms with Crippen LogP contribution in [-0.4, -0.2) is 91.0 Å². The van der Waals surface area contributed by atoms with Gasteiger partial charge in [-0.15, -0.1) is 0 Å². The Labute approximate surface area is 234 Å². The highest BCUT2D eigenvalue weighted by Crippen LogP contribution is 2.40. The van der Waals surface area contributed by atoms with Gasteiger partial charge in [-0.2, -0.15) is 0 Å². The van der Waals surface area contributed by atoms with E-state index in [1.807, 2.05) is 34.6 Å². The molecule has 1 N–H and O–H groups in total. The van der Waals surface area contributed by atoms with E-state index in [1.54, 1.807) is 7.11 Å². The number of carbonyl (C=O) groups excluding carboxylic acids is 1. The molecule has 3 aliphatic heterocycles. The molecule has 0 aromatic carbocycles. The number of hydrogen-bond acceptors (Lipinski definition) is 10. The minimum atomic E-state index is -0.911. The highest BCUT2D eigenvalue weighted by Gasteiger charge is 2.47. The standard InChI is InChI=1S/C29H52O10/c1-15-12-20(29(9,10)32-11)16(2)33-25(15)37-22-13-21(31)26(34-17(22)3)38-23-14-24(36-19(5)30)27(35-18(23)4)39-28(6,7)8/h15-18,20-27,31H,12-14H2,1-11H3. The van der Waals surface area contributed by atoms with Gasteiger partial charge in [-0.3, -0.25) is 4.79 Å². The molecule has 0 aromatic heterocycles. The lowest BCUT2D eigenvalue weighted by Crippen LogP contribution is -2.56. The second-order valence-electron chi connectivity index (χ2n) is 13.0. The minimum absolute atomic E-state index is 0.0361. The van der Waals surface area contributed by atoms with Gasteiger partial charge in [0.25, 0.3) is 0 Å². The monoisotopic (exact) mass is 560 g/mol. The molecule has 3 rings (SSSR count). The average Bonchev–Trinajstić information content (AvgIpc) is 2.80. The van der Waals surface area contributed by atoms with Crippen LogP contribution in [0.5, 0.6) is 0 Å². The zero-order valence-corrected chi connectivity index (χ0v) is 25.7. The average molecular weight is 561 g/mol. The summed E-state index contributed by atoms with van der Waals surface area (Å²) in [6.07, 6.45) is -3.51. The van der Waals surface area contributed by atoms with Crippen molar-refractivity contribution < 1.29 is 47.8 Å². The topological polar surface area (TPSA) is 111 Å². The van der Waals surface area contributed by atoms with Crippen LogP contribution in [-0.2, 0) is 42.7 Å². The van der Waals surface area contributed by atoms with E-state index in [4.69, 9.17) is 37.9 Å². The molecule has 0 aromatic rings. The molecule has 0 radical (unpaired) electrons. The molecule has 39 heavy (non-hydrogen) atoms. The Hall–Kier alpha value is -0.850. The van der Waals surface area contributed by atoms with Gasteiger partial charge in [0.2, 0.25) is 0 Å². The van der Waals surface area contributed by atoms with Gasteiger partial charge in [0.15, 0.2) is 25.0 Å². The van der Waals surface area contributed by atoms with Crippen molar-refractivity contribution in [1.29, 1.82) is 0 Å². The number of rotatable bonds is 8. The Bertz CT molecular complexity index is 797. The number of aliphatic hydroxyl groups is 1. The highest BCUT2D eigenvalue weighted by molar-refractivity contribution is 5.66. The van der Waals surface area contributed by atoms with Crippen molar-refractivity contribution in [3.63, 3.8) is 0 Å². The molecule has 228 valence electrons. The number of hydrogen-bond donors (Lipinski definition) is 1. The van der Waals surface area contributed by atoms with Crippen LogP contribution in [0.2, 0.25) is 0 Å². The Morgan fingerprint density at radius 1 is 0.769 bits per heavy atom. The summed E-state index contributed by atoms with van der Waals surface area (Å²) in [6.45, 7) is 19.2. The van der Waals surface area contributed by atoms with Gasteiger partial charge in [-0.05, 0) is 61.8 Å². The normalized spacial score (nSPS) is 42.3. The molecule has 3 aliphatic rings. The van der Waals surface area contributed by atoms with Crippen molar-refractivity contribution in [2.45, 2.75) is 161 Å². The van der Waals surface area contributed by atoms with Crippen molar-refractivity contribution in [2.24, 2.45) is 11.8 Å². The first-order valence-electron chi connectivity index (χ1n) is 14.4. The van der Waals surface area contributed by atoms with E-state index in [1.165, 1.54) is 6.92 Å². The molecule has 0 spiro atoms. The number of carbonyl (C=O) groups is 1. The van der Waals surface area contributed by atoms with E-state index in [0.29, 0.717) is 12.8 Å². The lowest BCUT2D eigenvalue weighted by Gasteiger charge is -2.47. The summed E-state index contributed by atoms with van der Waals surface area (Å²) >= 11 is 0. The van der Waals surface area contributed by atoms with Crippen LogP contribution in [0, 0.1) is 11.8 Å². The summed E-state index contributed by atoms with van der Waals surface area (Å²) in [5.41, 5.74) is -0.782. The molecule has 3 heterocycles. The maximum absolute atomic E-state index is 11.8. The third-order valence-electron chi connectivity index (χ3n) is 8.13. The van der Waals surface area contributed by atoms with E-state index in [0.717, 1.165) is 6.42 Å². The molecule has 3 saturated heterocycles. The van der Waals surface area contributed by atoms with E-state index in [2.05, 4.69) is 27.7 Å². The first-order chi connectivity index (χ1) is 18.0. The van der Waals surface area contributed by atoms with Crippen molar-refractivity contribution >= 4 is 5.97 Å². The van der Waals surface area contributed by atoms with Gasteiger partial charge in [0, 0.05) is 38.7 Å². The third kappa shape index (κ3) is 8.58. The van der Waals surface area contributed by atoms with E-state index >= 15 is 0 Å². The predicted octanol–water partition coefficient (Wildman–Crippen LogP) is 3.95. The number of aliphatic hydroxyl groups excluding tert-OH is 1. The molecule has 0 bridgehead atoms. The van der Waals surface area contributed by atoms with Crippen molar-refractivity contribution in [3.05, 3.63) is 0 Å². The van der Waals surface area contributed by atoms with Crippen LogP contribution in [0.4, 0.5) is 0 Å². The van der Waals surface area contributed by atoms with Crippen LogP contribution < -0.4 is 0 Å². The molecule has 0 saturated carbocycles. The van der Waals surface area contributed by atoms with Gasteiger partial charge in [0.05, 0.1) is 41.7 Å². The lowest BCUT2D eigenvalue weighted by atomic mass is 9.78. The van der Waals surface area contributed by atoms with E-state index in [-0.39, 0.29) is 41.9 Å². The second-order valence-corrected chi connectivity index (χ2v) is 13.0. The van der Waals surface area contributed by atoms with E-state index < -0.39 is 48.8 Å². The SMILES string of the molecule is COC(C)(C)C1CC(C)C(OC2CC(O)C(OC3CC(OC(C)=O)C(OC(C)(C)C)OC3C)OC2C)OC1C.